The normalized spacial score (nSPS) is 21.4. The molecule has 2 saturated heterocycles. The van der Waals surface area contributed by atoms with Crippen molar-refractivity contribution in [2.24, 2.45) is 11.3 Å². The molecule has 258 valence electrons. The Morgan fingerprint density at radius 2 is 1.70 bits per heavy atom. The number of nitrogens with one attached hydrogen (secondary N) is 2. The zero-order valence-corrected chi connectivity index (χ0v) is 29.3. The fraction of sp³-hybridized carbons (Fsp3) is 0.667. The lowest BCUT2D eigenvalue weighted by atomic mass is 9.71. The van der Waals surface area contributed by atoms with E-state index >= 15 is 0 Å². The van der Waals surface area contributed by atoms with Gasteiger partial charge in [0.15, 0.2) is 5.82 Å². The van der Waals surface area contributed by atoms with Gasteiger partial charge < -0.3 is 30.1 Å². The van der Waals surface area contributed by atoms with E-state index in [0.717, 1.165) is 77.1 Å². The molecular weight excluding hydrogens is 597 g/mol. The number of hydrogen-bond acceptors (Lipinski definition) is 8. The fourth-order valence-electron chi connectivity index (χ4n) is 7.68. The Kier molecular flexibility index (Phi) is 10.6. The summed E-state index contributed by atoms with van der Waals surface area (Å²) in [6.45, 7) is 18.7. The molecule has 47 heavy (non-hydrogen) atoms. The topological polar surface area (TPSA) is 103 Å². The van der Waals surface area contributed by atoms with Gasteiger partial charge in [0.05, 0.1) is 17.4 Å². The average Bonchev–Trinajstić information content (AvgIpc) is 2.97. The van der Waals surface area contributed by atoms with Crippen molar-refractivity contribution in [2.45, 2.75) is 111 Å². The maximum Gasteiger partial charge on any atom is 0.407 e. The highest BCUT2D eigenvalue weighted by molar-refractivity contribution is 6.01. The van der Waals surface area contributed by atoms with E-state index in [2.05, 4.69) is 30.4 Å². The molecule has 1 saturated carbocycles. The van der Waals surface area contributed by atoms with Crippen LogP contribution < -0.4 is 15.5 Å². The second kappa shape index (κ2) is 14.3. The third kappa shape index (κ3) is 8.72. The average molecular weight is 652 g/mol. The molecule has 10 nitrogen and oxygen atoms in total. The lowest BCUT2D eigenvalue weighted by Gasteiger charge is -2.55. The quantitative estimate of drug-likeness (QED) is 0.313. The molecule has 3 aliphatic rings. The van der Waals surface area contributed by atoms with E-state index < -0.39 is 11.4 Å². The largest absolute Gasteiger partial charge is 0.444 e. The van der Waals surface area contributed by atoms with Crippen LogP contribution in [0, 0.1) is 17.2 Å². The number of carbonyl (C=O) groups excluding carboxylic acids is 2. The Hall–Kier alpha value is -3.47. The molecule has 5 rings (SSSR count). The smallest absolute Gasteiger partial charge is 0.407 e. The number of alkyl carbamates (subject to hydrolysis) is 1. The van der Waals surface area contributed by atoms with Crippen molar-refractivity contribution in [3.63, 3.8) is 0 Å². The maximum atomic E-state index is 14.4. The molecule has 1 aromatic heterocycles. The zero-order chi connectivity index (χ0) is 33.9. The molecule has 2 aromatic rings. The molecule has 1 spiro atoms. The van der Waals surface area contributed by atoms with Gasteiger partial charge in [0.25, 0.3) is 5.91 Å². The molecule has 0 atom stereocenters. The Morgan fingerprint density at radius 1 is 1.04 bits per heavy atom. The highest BCUT2D eigenvalue weighted by atomic mass is 19.1. The Balaban J connectivity index is 1.13. The van der Waals surface area contributed by atoms with Crippen molar-refractivity contribution in [3.8, 4) is 0 Å². The van der Waals surface area contributed by atoms with Gasteiger partial charge in [-0.3, -0.25) is 4.79 Å². The van der Waals surface area contributed by atoms with Crippen molar-refractivity contribution < 1.29 is 18.7 Å². The number of hydrogen-bond donors (Lipinski definition) is 2. The minimum absolute atomic E-state index is 0.0273. The number of amides is 2. The van der Waals surface area contributed by atoms with Crippen LogP contribution in [0.2, 0.25) is 0 Å². The van der Waals surface area contributed by atoms with Crippen LogP contribution in [0.3, 0.4) is 0 Å². The zero-order valence-electron chi connectivity index (χ0n) is 29.3. The van der Waals surface area contributed by atoms with Gasteiger partial charge in [0.1, 0.15) is 23.4 Å². The van der Waals surface area contributed by atoms with E-state index in [-0.39, 0.29) is 30.1 Å². The van der Waals surface area contributed by atoms with E-state index in [1.165, 1.54) is 12.1 Å². The first kappa shape index (κ1) is 34.9. The Morgan fingerprint density at radius 3 is 2.32 bits per heavy atom. The molecular formula is C36H54FN7O3. The van der Waals surface area contributed by atoms with Crippen molar-refractivity contribution in [1.29, 1.82) is 0 Å². The van der Waals surface area contributed by atoms with Gasteiger partial charge >= 0.3 is 6.09 Å². The molecule has 1 aliphatic carbocycles. The first-order valence-electron chi connectivity index (χ1n) is 17.4. The summed E-state index contributed by atoms with van der Waals surface area (Å²) in [5, 5.41) is 6.44. The molecule has 2 amide bonds. The van der Waals surface area contributed by atoms with Crippen molar-refractivity contribution in [2.75, 3.05) is 42.9 Å². The van der Waals surface area contributed by atoms with E-state index in [1.807, 2.05) is 48.5 Å². The van der Waals surface area contributed by atoms with E-state index in [1.54, 1.807) is 23.5 Å². The summed E-state index contributed by atoms with van der Waals surface area (Å²) in [7, 11) is 0. The molecule has 2 N–H and O–H groups in total. The van der Waals surface area contributed by atoms with Crippen molar-refractivity contribution in [3.05, 3.63) is 42.1 Å². The highest BCUT2D eigenvalue weighted by Gasteiger charge is 2.45. The summed E-state index contributed by atoms with van der Waals surface area (Å²) >= 11 is 0. The first-order valence-corrected chi connectivity index (χ1v) is 17.4. The van der Waals surface area contributed by atoms with Gasteiger partial charge in [-0.2, -0.15) is 0 Å². The molecule has 3 heterocycles. The predicted octanol–water partition coefficient (Wildman–Crippen LogP) is 6.60. The monoisotopic (exact) mass is 651 g/mol. The maximum absolute atomic E-state index is 14.4. The lowest BCUT2D eigenvalue weighted by Crippen LogP contribution is -2.61. The number of nitrogens with zero attached hydrogens (tertiary/aromatic N) is 5. The summed E-state index contributed by atoms with van der Waals surface area (Å²) in [6.07, 6.45) is 9.46. The Bertz CT molecular complexity index is 1380. The first-order chi connectivity index (χ1) is 22.2. The molecule has 1 aromatic carbocycles. The molecule has 0 bridgehead atoms. The lowest BCUT2D eigenvalue weighted by molar-refractivity contribution is -0.0311. The highest BCUT2D eigenvalue weighted by Crippen LogP contribution is 2.43. The van der Waals surface area contributed by atoms with Crippen LogP contribution in [-0.2, 0) is 4.74 Å². The number of aromatic nitrogens is 2. The van der Waals surface area contributed by atoms with Gasteiger partial charge in [-0.15, -0.1) is 0 Å². The van der Waals surface area contributed by atoms with Crippen LogP contribution in [0.25, 0.3) is 0 Å². The van der Waals surface area contributed by atoms with Crippen LogP contribution in [0.15, 0.2) is 30.7 Å². The summed E-state index contributed by atoms with van der Waals surface area (Å²) in [4.78, 5) is 41.3. The van der Waals surface area contributed by atoms with E-state index in [9.17, 15) is 14.0 Å². The number of rotatable bonds is 9. The van der Waals surface area contributed by atoms with Crippen LogP contribution in [0.4, 0.5) is 26.4 Å². The van der Waals surface area contributed by atoms with Crippen LogP contribution >= 0.6 is 0 Å². The third-order valence-electron chi connectivity index (χ3n) is 9.85. The number of halogens is 1. The molecule has 0 unspecified atom stereocenters. The SMILES string of the molecule is CC(C)N(C(=O)c1cc(F)ccc1Nc1cncnc1N1CCC2(CC1)CN(C[C@H]1CC[C@H](NC(=O)OC(C)(C)C)CC1)C2)C(C)C. The van der Waals surface area contributed by atoms with E-state index in [0.29, 0.717) is 28.3 Å². The summed E-state index contributed by atoms with van der Waals surface area (Å²) in [5.74, 6) is 0.815. The van der Waals surface area contributed by atoms with Gasteiger partial charge in [-0.1, -0.05) is 0 Å². The van der Waals surface area contributed by atoms with Gasteiger partial charge in [-0.25, -0.2) is 19.2 Å². The second-order valence-electron chi connectivity index (χ2n) is 15.5. The number of anilines is 3. The molecule has 2 aliphatic heterocycles. The van der Waals surface area contributed by atoms with Gasteiger partial charge in [0.2, 0.25) is 0 Å². The minimum Gasteiger partial charge on any atom is -0.444 e. The Labute approximate surface area is 279 Å². The number of benzene rings is 1. The van der Waals surface area contributed by atoms with Gasteiger partial charge in [-0.05, 0) is 117 Å². The molecule has 3 fully saturated rings. The summed E-state index contributed by atoms with van der Waals surface area (Å²) in [5.41, 5.74) is 1.41. The second-order valence-corrected chi connectivity index (χ2v) is 15.5. The van der Waals surface area contributed by atoms with Crippen LogP contribution in [-0.4, -0.2) is 88.2 Å². The van der Waals surface area contributed by atoms with Crippen LogP contribution in [0.1, 0.15) is 97.3 Å². The van der Waals surface area contributed by atoms with Gasteiger partial charge in [0, 0.05) is 50.8 Å². The summed E-state index contributed by atoms with van der Waals surface area (Å²) < 4.78 is 19.8. The predicted molar refractivity (Wildman–Crippen MR) is 184 cm³/mol. The fourth-order valence-corrected chi connectivity index (χ4v) is 7.68. The van der Waals surface area contributed by atoms with Crippen molar-refractivity contribution in [1.82, 2.24) is 25.1 Å². The van der Waals surface area contributed by atoms with Crippen molar-refractivity contribution >= 4 is 29.2 Å². The number of piperidine rings is 1. The van der Waals surface area contributed by atoms with E-state index in [4.69, 9.17) is 4.74 Å². The molecule has 11 heteroatoms. The number of carbonyl (C=O) groups is 2. The standard InChI is InChI=1S/C36H54FN7O3/c1-24(2)44(25(3)4)33(45)29-18-27(37)10-13-30(29)41-31-19-38-23-39-32(31)43-16-14-36(15-17-43)21-42(22-36)20-26-8-11-28(12-9-26)40-34(46)47-35(5,6)7/h10,13,18-19,23-26,28,41H,8-9,11-12,14-17,20-22H2,1-7H3,(H,40,46)/t26-,28-. The third-order valence-corrected chi connectivity index (χ3v) is 9.85. The number of likely N-dealkylation sites (tertiary alicyclic amines) is 1. The summed E-state index contributed by atoms with van der Waals surface area (Å²) in [6, 6.07) is 4.46. The minimum atomic E-state index is -0.475. The number of ether oxygens (including phenoxy) is 1. The van der Waals surface area contributed by atoms with Crippen LogP contribution in [0.5, 0.6) is 0 Å². The molecule has 0 radical (unpaired) electrons.